The van der Waals surface area contributed by atoms with Gasteiger partial charge in [-0.1, -0.05) is 0 Å². The van der Waals surface area contributed by atoms with E-state index < -0.39 is 23.5 Å². The van der Waals surface area contributed by atoms with Gasteiger partial charge in [0, 0.05) is 13.1 Å². The maximum Gasteiger partial charge on any atom is 0.471 e. The number of carbonyl (C=O) groups excluding carboxylic acids is 1. The standard InChI is InChI=1S/C8H8F3NO3/c9-8(10,11)5(13)12-2-4-1-7(4,3-12)6(14)15/h4H,1-3H2,(H,14,15). The second kappa shape index (κ2) is 2.65. The molecule has 1 saturated heterocycles. The number of amides is 1. The Labute approximate surface area is 82.7 Å². The summed E-state index contributed by atoms with van der Waals surface area (Å²) in [6.45, 7) is -0.407. The average Bonchev–Trinajstić information content (AvgIpc) is 2.67. The van der Waals surface area contributed by atoms with E-state index in [0.29, 0.717) is 11.3 Å². The number of carbonyl (C=O) groups is 2. The van der Waals surface area contributed by atoms with Gasteiger partial charge in [-0.2, -0.15) is 13.2 Å². The molecule has 0 spiro atoms. The lowest BCUT2D eigenvalue weighted by Gasteiger charge is -2.20. The third-order valence-corrected chi connectivity index (χ3v) is 3.10. The smallest absolute Gasteiger partial charge is 0.471 e. The molecule has 2 unspecified atom stereocenters. The predicted octanol–water partition coefficient (Wildman–Crippen LogP) is 0.482. The number of halogens is 3. The molecular formula is C8H8F3NO3. The molecule has 0 aromatic heterocycles. The van der Waals surface area contributed by atoms with Crippen LogP contribution >= 0.6 is 0 Å². The van der Waals surface area contributed by atoms with Gasteiger partial charge in [0.2, 0.25) is 0 Å². The van der Waals surface area contributed by atoms with Crippen molar-refractivity contribution in [2.75, 3.05) is 13.1 Å². The molecule has 1 saturated carbocycles. The minimum absolute atomic E-state index is 0.0926. The van der Waals surface area contributed by atoms with E-state index in [1.54, 1.807) is 0 Å². The molecule has 1 aliphatic heterocycles. The number of aliphatic carboxylic acids is 1. The number of alkyl halides is 3. The van der Waals surface area contributed by atoms with Gasteiger partial charge in [0.25, 0.3) is 0 Å². The first-order valence-corrected chi connectivity index (χ1v) is 4.37. The van der Waals surface area contributed by atoms with E-state index in [4.69, 9.17) is 5.11 Å². The van der Waals surface area contributed by atoms with Gasteiger partial charge in [-0.3, -0.25) is 9.59 Å². The summed E-state index contributed by atoms with van der Waals surface area (Å²) >= 11 is 0. The van der Waals surface area contributed by atoms with Crippen LogP contribution in [0.1, 0.15) is 6.42 Å². The van der Waals surface area contributed by atoms with Crippen molar-refractivity contribution < 1.29 is 27.9 Å². The molecule has 0 aromatic carbocycles. The van der Waals surface area contributed by atoms with Gasteiger partial charge < -0.3 is 10.0 Å². The normalized spacial score (nSPS) is 33.8. The van der Waals surface area contributed by atoms with E-state index in [2.05, 4.69) is 0 Å². The Bertz CT molecular complexity index is 341. The number of carboxylic acids is 1. The van der Waals surface area contributed by atoms with Crippen molar-refractivity contribution in [3.05, 3.63) is 0 Å². The molecule has 0 aromatic rings. The monoisotopic (exact) mass is 223 g/mol. The highest BCUT2D eigenvalue weighted by molar-refractivity contribution is 5.86. The second-order valence-corrected chi connectivity index (χ2v) is 4.05. The Morgan fingerprint density at radius 2 is 2.00 bits per heavy atom. The SMILES string of the molecule is O=C(N1CC2CC2(C(=O)O)C1)C(F)(F)F. The molecule has 1 N–H and O–H groups in total. The Morgan fingerprint density at radius 1 is 1.40 bits per heavy atom. The summed E-state index contributed by atoms with van der Waals surface area (Å²) in [5, 5.41) is 8.80. The van der Waals surface area contributed by atoms with Crippen LogP contribution in [0.2, 0.25) is 0 Å². The van der Waals surface area contributed by atoms with Crippen LogP contribution in [0.15, 0.2) is 0 Å². The van der Waals surface area contributed by atoms with Crippen molar-refractivity contribution in [2.24, 2.45) is 11.3 Å². The summed E-state index contributed by atoms with van der Waals surface area (Å²) in [5.74, 6) is -3.35. The van der Waals surface area contributed by atoms with E-state index in [0.717, 1.165) is 0 Å². The van der Waals surface area contributed by atoms with Crippen LogP contribution in [0.3, 0.4) is 0 Å². The van der Waals surface area contributed by atoms with Gasteiger partial charge in [0.05, 0.1) is 5.41 Å². The average molecular weight is 223 g/mol. The van der Waals surface area contributed by atoms with E-state index in [1.165, 1.54) is 0 Å². The molecule has 2 rings (SSSR count). The second-order valence-electron chi connectivity index (χ2n) is 4.05. The number of piperidine rings is 1. The summed E-state index contributed by atoms with van der Waals surface area (Å²) in [7, 11) is 0. The fourth-order valence-electron chi connectivity index (χ4n) is 2.15. The van der Waals surface area contributed by atoms with Gasteiger partial charge in [-0.25, -0.2) is 0 Å². The summed E-state index contributed by atoms with van der Waals surface area (Å²) in [6.07, 6.45) is -4.53. The largest absolute Gasteiger partial charge is 0.481 e. The van der Waals surface area contributed by atoms with Gasteiger partial charge in [-0.05, 0) is 12.3 Å². The van der Waals surface area contributed by atoms with Gasteiger partial charge in [0.15, 0.2) is 0 Å². The van der Waals surface area contributed by atoms with E-state index in [9.17, 15) is 22.8 Å². The number of hydrogen-bond acceptors (Lipinski definition) is 2. The quantitative estimate of drug-likeness (QED) is 0.703. The van der Waals surface area contributed by atoms with Crippen molar-refractivity contribution in [1.82, 2.24) is 4.90 Å². The fraction of sp³-hybridized carbons (Fsp3) is 0.750. The zero-order chi connectivity index (χ0) is 11.4. The van der Waals surface area contributed by atoms with Gasteiger partial charge in [0.1, 0.15) is 0 Å². The zero-order valence-electron chi connectivity index (χ0n) is 7.54. The molecule has 7 heteroatoms. The predicted molar refractivity (Wildman–Crippen MR) is 40.8 cm³/mol. The Kier molecular flexibility index (Phi) is 1.81. The van der Waals surface area contributed by atoms with Crippen molar-refractivity contribution in [1.29, 1.82) is 0 Å². The summed E-state index contributed by atoms with van der Waals surface area (Å²) in [4.78, 5) is 22.2. The third kappa shape index (κ3) is 1.37. The Hall–Kier alpha value is -1.27. The molecule has 1 aliphatic carbocycles. The first kappa shape index (κ1) is 10.3. The molecule has 0 radical (unpaired) electrons. The first-order valence-electron chi connectivity index (χ1n) is 4.37. The Morgan fingerprint density at radius 3 is 2.40 bits per heavy atom. The van der Waals surface area contributed by atoms with Crippen molar-refractivity contribution >= 4 is 11.9 Å². The van der Waals surface area contributed by atoms with Crippen LogP contribution in [-0.4, -0.2) is 41.1 Å². The van der Waals surface area contributed by atoms with Gasteiger partial charge >= 0.3 is 18.1 Å². The van der Waals surface area contributed by atoms with Crippen LogP contribution in [0.25, 0.3) is 0 Å². The van der Waals surface area contributed by atoms with Gasteiger partial charge in [-0.15, -0.1) is 0 Å². The van der Waals surface area contributed by atoms with Crippen LogP contribution in [-0.2, 0) is 9.59 Å². The van der Waals surface area contributed by atoms with Crippen molar-refractivity contribution in [3.8, 4) is 0 Å². The number of likely N-dealkylation sites (tertiary alicyclic amines) is 1. The maximum atomic E-state index is 12.0. The van der Waals surface area contributed by atoms with Crippen molar-refractivity contribution in [3.63, 3.8) is 0 Å². The minimum Gasteiger partial charge on any atom is -0.481 e. The molecule has 15 heavy (non-hydrogen) atoms. The Balaban J connectivity index is 2.07. The van der Waals surface area contributed by atoms with E-state index in [-0.39, 0.29) is 19.0 Å². The summed E-state index contributed by atoms with van der Waals surface area (Å²) in [6, 6.07) is 0. The number of carboxylic acid groups (broad SMARTS) is 1. The maximum absolute atomic E-state index is 12.0. The van der Waals surface area contributed by atoms with Crippen LogP contribution in [0, 0.1) is 11.3 Å². The lowest BCUT2D eigenvalue weighted by molar-refractivity contribution is -0.185. The third-order valence-electron chi connectivity index (χ3n) is 3.10. The zero-order valence-corrected chi connectivity index (χ0v) is 7.54. The minimum atomic E-state index is -4.91. The fourth-order valence-corrected chi connectivity index (χ4v) is 2.15. The highest BCUT2D eigenvalue weighted by Crippen LogP contribution is 2.58. The van der Waals surface area contributed by atoms with Crippen LogP contribution in [0.5, 0.6) is 0 Å². The number of fused-ring (bicyclic) bond motifs is 1. The molecule has 4 nitrogen and oxygen atoms in total. The molecular weight excluding hydrogens is 215 g/mol. The summed E-state index contributed by atoms with van der Waals surface area (Å²) in [5.41, 5.74) is -1.10. The van der Waals surface area contributed by atoms with E-state index >= 15 is 0 Å². The van der Waals surface area contributed by atoms with Crippen molar-refractivity contribution in [2.45, 2.75) is 12.6 Å². The molecule has 0 bridgehead atoms. The molecule has 84 valence electrons. The number of nitrogens with zero attached hydrogens (tertiary/aromatic N) is 1. The first-order chi connectivity index (χ1) is 6.77. The highest BCUT2D eigenvalue weighted by Gasteiger charge is 2.67. The molecule has 1 amide bonds. The lowest BCUT2D eigenvalue weighted by atomic mass is 10.1. The summed E-state index contributed by atoms with van der Waals surface area (Å²) < 4.78 is 36.1. The van der Waals surface area contributed by atoms with E-state index in [1.807, 2.05) is 0 Å². The molecule has 2 fully saturated rings. The number of rotatable bonds is 1. The van der Waals surface area contributed by atoms with Crippen LogP contribution < -0.4 is 0 Å². The highest BCUT2D eigenvalue weighted by atomic mass is 19.4. The van der Waals surface area contributed by atoms with Crippen LogP contribution in [0.4, 0.5) is 13.2 Å². The molecule has 1 heterocycles. The topological polar surface area (TPSA) is 57.6 Å². The number of hydrogen-bond donors (Lipinski definition) is 1. The molecule has 2 atom stereocenters. The molecule has 2 aliphatic rings. The lowest BCUT2D eigenvalue weighted by Crippen LogP contribution is -2.42.